The molecule has 0 aromatic heterocycles. The van der Waals surface area contributed by atoms with Crippen LogP contribution in [0.4, 0.5) is 9.18 Å². The van der Waals surface area contributed by atoms with E-state index >= 15 is 0 Å². The van der Waals surface area contributed by atoms with Gasteiger partial charge < -0.3 is 25.8 Å². The molecule has 8 nitrogen and oxygen atoms in total. The Morgan fingerprint density at radius 2 is 1.78 bits per heavy atom. The molecule has 9 heteroatoms. The van der Waals surface area contributed by atoms with Crippen molar-refractivity contribution in [2.24, 2.45) is 0 Å². The van der Waals surface area contributed by atoms with Gasteiger partial charge in [0.25, 0.3) is 0 Å². The van der Waals surface area contributed by atoms with Gasteiger partial charge in [-0.1, -0.05) is 19.3 Å². The van der Waals surface area contributed by atoms with Crippen LogP contribution in [0.5, 0.6) is 5.75 Å². The van der Waals surface area contributed by atoms with E-state index < -0.39 is 29.8 Å². The number of rotatable bonds is 8. The summed E-state index contributed by atoms with van der Waals surface area (Å²) < 4.78 is 18.1. The van der Waals surface area contributed by atoms with E-state index in [1.807, 2.05) is 0 Å². The minimum absolute atomic E-state index is 0.127. The normalized spacial score (nSPS) is 15.4. The summed E-state index contributed by atoms with van der Waals surface area (Å²) in [6, 6.07) is 4.58. The number of aliphatic carboxylic acids is 1. The van der Waals surface area contributed by atoms with Gasteiger partial charge in [-0.15, -0.1) is 0 Å². The highest BCUT2D eigenvalue weighted by atomic mass is 19.1. The predicted octanol–water partition coefficient (Wildman–Crippen LogP) is 1.41. The average molecular weight is 381 g/mol. The molecular formula is C18H24FN3O5. The van der Waals surface area contributed by atoms with Gasteiger partial charge in [-0.3, -0.25) is 4.79 Å². The minimum atomic E-state index is -1.34. The summed E-state index contributed by atoms with van der Waals surface area (Å²) in [5.74, 6) is -2.12. The molecule has 148 valence electrons. The maximum absolute atomic E-state index is 12.9. The molecule has 1 aromatic carbocycles. The van der Waals surface area contributed by atoms with Gasteiger partial charge in [0, 0.05) is 6.04 Å². The zero-order chi connectivity index (χ0) is 19.6. The van der Waals surface area contributed by atoms with Crippen molar-refractivity contribution in [2.45, 2.75) is 44.2 Å². The Labute approximate surface area is 156 Å². The van der Waals surface area contributed by atoms with E-state index in [2.05, 4.69) is 16.0 Å². The Balaban J connectivity index is 1.70. The number of benzene rings is 1. The summed E-state index contributed by atoms with van der Waals surface area (Å²) in [4.78, 5) is 34.8. The molecule has 1 aliphatic rings. The van der Waals surface area contributed by atoms with Crippen LogP contribution in [0.1, 0.15) is 32.1 Å². The standard InChI is InChI=1S/C18H24FN3O5/c19-12-6-8-14(9-7-12)27-15(17(24)25)10-20-16(23)11-21-18(26)22-13-4-2-1-3-5-13/h6-9,13,15H,1-5,10-11H2,(H,20,23)(H,24,25)(H2,21,22,26). The van der Waals surface area contributed by atoms with Crippen LogP contribution in [0.2, 0.25) is 0 Å². The van der Waals surface area contributed by atoms with Crippen LogP contribution < -0.4 is 20.7 Å². The highest BCUT2D eigenvalue weighted by molar-refractivity contribution is 5.84. The van der Waals surface area contributed by atoms with Crippen molar-refractivity contribution in [2.75, 3.05) is 13.1 Å². The summed E-state index contributed by atoms with van der Waals surface area (Å²) >= 11 is 0. The third-order valence-electron chi connectivity index (χ3n) is 4.20. The van der Waals surface area contributed by atoms with Crippen LogP contribution in [-0.4, -0.2) is 48.2 Å². The molecule has 0 saturated heterocycles. The van der Waals surface area contributed by atoms with E-state index in [1.54, 1.807) is 0 Å². The highest BCUT2D eigenvalue weighted by Crippen LogP contribution is 2.17. The maximum Gasteiger partial charge on any atom is 0.346 e. The van der Waals surface area contributed by atoms with Gasteiger partial charge in [-0.05, 0) is 37.1 Å². The quantitative estimate of drug-likeness (QED) is 0.543. The lowest BCUT2D eigenvalue weighted by Crippen LogP contribution is -2.48. The SMILES string of the molecule is O=C(CNC(=O)NC1CCCCC1)NCC(Oc1ccc(F)cc1)C(=O)O. The van der Waals surface area contributed by atoms with Crippen LogP contribution >= 0.6 is 0 Å². The molecule has 1 atom stereocenters. The Morgan fingerprint density at radius 1 is 1.11 bits per heavy atom. The van der Waals surface area contributed by atoms with E-state index in [0.717, 1.165) is 37.8 Å². The number of carboxylic acid groups (broad SMARTS) is 1. The van der Waals surface area contributed by atoms with Gasteiger partial charge >= 0.3 is 12.0 Å². The lowest BCUT2D eigenvalue weighted by molar-refractivity contribution is -0.145. The zero-order valence-corrected chi connectivity index (χ0v) is 14.9. The highest BCUT2D eigenvalue weighted by Gasteiger charge is 2.21. The fraction of sp³-hybridized carbons (Fsp3) is 0.500. The zero-order valence-electron chi connectivity index (χ0n) is 14.9. The third kappa shape index (κ3) is 7.51. The first kappa shape index (κ1) is 20.5. The third-order valence-corrected chi connectivity index (χ3v) is 4.20. The molecule has 0 bridgehead atoms. The Bertz CT molecular complexity index is 647. The van der Waals surface area contributed by atoms with E-state index in [-0.39, 0.29) is 24.9 Å². The summed E-state index contributed by atoms with van der Waals surface area (Å²) in [5, 5.41) is 16.8. The van der Waals surface area contributed by atoms with Gasteiger partial charge in [-0.25, -0.2) is 14.0 Å². The lowest BCUT2D eigenvalue weighted by Gasteiger charge is -2.22. The average Bonchev–Trinajstić information content (AvgIpc) is 2.65. The van der Waals surface area contributed by atoms with Gasteiger partial charge in [-0.2, -0.15) is 0 Å². The number of ether oxygens (including phenoxy) is 1. The van der Waals surface area contributed by atoms with Gasteiger partial charge in [0.1, 0.15) is 11.6 Å². The van der Waals surface area contributed by atoms with Crippen molar-refractivity contribution in [3.05, 3.63) is 30.1 Å². The molecule has 1 unspecified atom stereocenters. The Kier molecular flexibility index (Phi) is 7.84. The first-order chi connectivity index (χ1) is 12.9. The minimum Gasteiger partial charge on any atom is -0.478 e. The van der Waals surface area contributed by atoms with E-state index in [1.165, 1.54) is 18.6 Å². The number of nitrogens with one attached hydrogen (secondary N) is 3. The maximum atomic E-state index is 12.9. The van der Waals surface area contributed by atoms with Crippen LogP contribution in [0.25, 0.3) is 0 Å². The van der Waals surface area contributed by atoms with Crippen LogP contribution in [0.15, 0.2) is 24.3 Å². The molecule has 27 heavy (non-hydrogen) atoms. The van der Waals surface area contributed by atoms with Gasteiger partial charge in [0.15, 0.2) is 0 Å². The number of halogens is 1. The second-order valence-electron chi connectivity index (χ2n) is 6.36. The number of hydrogen-bond acceptors (Lipinski definition) is 4. The van der Waals surface area contributed by atoms with Crippen molar-refractivity contribution < 1.29 is 28.6 Å². The molecule has 2 rings (SSSR count). The summed E-state index contributed by atoms with van der Waals surface area (Å²) in [6.45, 7) is -0.571. The van der Waals surface area contributed by atoms with Crippen molar-refractivity contribution >= 4 is 17.9 Å². The number of carbonyl (C=O) groups excluding carboxylic acids is 2. The molecule has 4 N–H and O–H groups in total. The number of amides is 3. The van der Waals surface area contributed by atoms with Crippen molar-refractivity contribution in [1.29, 1.82) is 0 Å². The molecule has 1 aliphatic carbocycles. The fourth-order valence-corrected chi connectivity index (χ4v) is 2.77. The summed E-state index contributed by atoms with van der Waals surface area (Å²) in [7, 11) is 0. The molecule has 0 heterocycles. The first-order valence-electron chi connectivity index (χ1n) is 8.90. The largest absolute Gasteiger partial charge is 0.478 e. The van der Waals surface area contributed by atoms with Gasteiger partial charge in [0.2, 0.25) is 12.0 Å². The second kappa shape index (κ2) is 10.3. The summed E-state index contributed by atoms with van der Waals surface area (Å²) in [5.41, 5.74) is 0. The number of carbonyl (C=O) groups is 3. The molecule has 0 aliphatic heterocycles. The number of hydrogen-bond donors (Lipinski definition) is 4. The topological polar surface area (TPSA) is 117 Å². The predicted molar refractivity (Wildman–Crippen MR) is 94.9 cm³/mol. The fourth-order valence-electron chi connectivity index (χ4n) is 2.77. The molecule has 1 saturated carbocycles. The monoisotopic (exact) mass is 381 g/mol. The molecule has 0 radical (unpaired) electrons. The second-order valence-corrected chi connectivity index (χ2v) is 6.36. The van der Waals surface area contributed by atoms with E-state index in [9.17, 15) is 23.9 Å². The van der Waals surface area contributed by atoms with E-state index in [0.29, 0.717) is 0 Å². The van der Waals surface area contributed by atoms with E-state index in [4.69, 9.17) is 4.74 Å². The van der Waals surface area contributed by atoms with Crippen molar-refractivity contribution in [3.8, 4) is 5.75 Å². The number of urea groups is 1. The number of carboxylic acids is 1. The van der Waals surface area contributed by atoms with Gasteiger partial charge in [0.05, 0.1) is 13.1 Å². The smallest absolute Gasteiger partial charge is 0.346 e. The van der Waals surface area contributed by atoms with Crippen LogP contribution in [0, 0.1) is 5.82 Å². The molecule has 1 aromatic rings. The van der Waals surface area contributed by atoms with Crippen molar-refractivity contribution in [3.63, 3.8) is 0 Å². The lowest BCUT2D eigenvalue weighted by atomic mass is 9.96. The Hall–Kier alpha value is -2.84. The molecule has 3 amide bonds. The first-order valence-corrected chi connectivity index (χ1v) is 8.90. The molecule has 1 fully saturated rings. The molecule has 0 spiro atoms. The molecular weight excluding hydrogens is 357 g/mol. The van der Waals surface area contributed by atoms with Crippen molar-refractivity contribution in [1.82, 2.24) is 16.0 Å². The van der Waals surface area contributed by atoms with Crippen LogP contribution in [-0.2, 0) is 9.59 Å². The summed E-state index contributed by atoms with van der Waals surface area (Å²) in [6.07, 6.45) is 3.86. The van der Waals surface area contributed by atoms with Crippen LogP contribution in [0.3, 0.4) is 0 Å². The Morgan fingerprint density at radius 3 is 2.41 bits per heavy atom.